The number of halogens is 1. The largest absolute Gasteiger partial charge is 0.868 e. The number of rotatable bonds is 12. The second kappa shape index (κ2) is 13.1. The van der Waals surface area contributed by atoms with Crippen molar-refractivity contribution >= 4 is 33.4 Å². The number of benzene rings is 3. The van der Waals surface area contributed by atoms with Crippen molar-refractivity contribution in [3.8, 4) is 34.5 Å². The minimum Gasteiger partial charge on any atom is -0.868 e. The van der Waals surface area contributed by atoms with E-state index in [9.17, 15) is 9.90 Å². The van der Waals surface area contributed by atoms with Gasteiger partial charge in [-0.3, -0.25) is 9.36 Å². The molecule has 40 heavy (non-hydrogen) atoms. The van der Waals surface area contributed by atoms with Crippen LogP contribution in [0.15, 0.2) is 64.3 Å². The quantitative estimate of drug-likeness (QED) is 0.173. The lowest BCUT2D eigenvalue weighted by Crippen LogP contribution is -2.29. The van der Waals surface area contributed by atoms with Gasteiger partial charge in [0.15, 0.2) is 11.5 Å². The summed E-state index contributed by atoms with van der Waals surface area (Å²) in [6.07, 6.45) is 2.56. The summed E-state index contributed by atoms with van der Waals surface area (Å²) in [4.78, 5) is 14.1. The fraction of sp³-hybridized carbons (Fsp3) is 0.300. The second-order valence-corrected chi connectivity index (χ2v) is 11.5. The van der Waals surface area contributed by atoms with Gasteiger partial charge in [-0.2, -0.15) is 0 Å². The predicted octanol–water partition coefficient (Wildman–Crippen LogP) is 4.89. The average molecular weight is 586 g/mol. The molecule has 0 amide bonds. The van der Waals surface area contributed by atoms with Crippen LogP contribution < -0.4 is 34.4 Å². The molecule has 212 valence electrons. The Morgan fingerprint density at radius 2 is 1.55 bits per heavy atom. The van der Waals surface area contributed by atoms with Crippen LogP contribution in [0.3, 0.4) is 0 Å². The number of hydrogen-bond donors (Lipinski definition) is 0. The molecule has 0 bridgehead atoms. The van der Waals surface area contributed by atoms with Crippen molar-refractivity contribution in [1.29, 1.82) is 0 Å². The van der Waals surface area contributed by atoms with Crippen molar-refractivity contribution < 1.29 is 28.8 Å². The fourth-order valence-electron chi connectivity index (χ4n) is 4.46. The zero-order valence-electron chi connectivity index (χ0n) is 23.1. The van der Waals surface area contributed by atoms with Gasteiger partial charge in [-0.1, -0.05) is 29.8 Å². The minimum atomic E-state index is -0.614. The van der Waals surface area contributed by atoms with Crippen LogP contribution in [0.1, 0.15) is 12.0 Å². The van der Waals surface area contributed by atoms with Gasteiger partial charge in [0.2, 0.25) is 10.6 Å². The number of ether oxygens (including phenoxy) is 5. The Hall–Kier alpha value is -3.69. The molecule has 0 spiro atoms. The van der Waals surface area contributed by atoms with E-state index in [0.717, 1.165) is 11.3 Å². The van der Waals surface area contributed by atoms with E-state index in [4.69, 9.17) is 35.3 Å². The van der Waals surface area contributed by atoms with Crippen LogP contribution in [-0.2, 0) is 17.4 Å². The molecule has 1 atom stereocenters. The standard InChI is InChI=1S/C30H32ClNO7S/c1-35-21-10-7-19(8-11-21)18-32-24-15-20(31)9-12-23(24)27(33)29(30(32)34)40(5)14-6-13-39-22-16-25(36-2)28(38-4)26(17-22)37-3/h7-12,15-17H,6,13-14,18H2,1-5H3. The molecular formula is C30H32ClNO7S. The van der Waals surface area contributed by atoms with Crippen LogP contribution in [0.4, 0.5) is 0 Å². The van der Waals surface area contributed by atoms with Crippen molar-refractivity contribution in [3.63, 3.8) is 0 Å². The summed E-state index contributed by atoms with van der Waals surface area (Å²) >= 11 is 6.26. The molecule has 10 heteroatoms. The highest BCUT2D eigenvalue weighted by molar-refractivity contribution is 7.96. The van der Waals surface area contributed by atoms with Gasteiger partial charge in [0.1, 0.15) is 23.5 Å². The third kappa shape index (κ3) is 6.21. The van der Waals surface area contributed by atoms with Crippen LogP contribution in [0.25, 0.3) is 10.9 Å². The molecule has 1 aromatic heterocycles. The highest BCUT2D eigenvalue weighted by Gasteiger charge is 2.25. The maximum atomic E-state index is 13.8. The average Bonchev–Trinajstić information content (AvgIpc) is 2.97. The van der Waals surface area contributed by atoms with Crippen molar-refractivity contribution in [1.82, 2.24) is 4.57 Å². The van der Waals surface area contributed by atoms with Gasteiger partial charge in [-0.25, -0.2) is 0 Å². The highest BCUT2D eigenvalue weighted by atomic mass is 35.5. The minimum absolute atomic E-state index is 0.251. The van der Waals surface area contributed by atoms with Crippen LogP contribution >= 0.6 is 11.6 Å². The van der Waals surface area contributed by atoms with Gasteiger partial charge in [0, 0.05) is 34.5 Å². The Morgan fingerprint density at radius 1 is 0.875 bits per heavy atom. The Kier molecular flexibility index (Phi) is 9.60. The first-order valence-corrected chi connectivity index (χ1v) is 14.7. The zero-order chi connectivity index (χ0) is 28.8. The fourth-order valence-corrected chi connectivity index (χ4v) is 6.21. The summed E-state index contributed by atoms with van der Waals surface area (Å²) in [5.41, 5.74) is 1.13. The summed E-state index contributed by atoms with van der Waals surface area (Å²) in [6, 6.07) is 16.0. The number of fused-ring (bicyclic) bond motifs is 1. The van der Waals surface area contributed by atoms with E-state index in [0.29, 0.717) is 64.2 Å². The lowest BCUT2D eigenvalue weighted by atomic mass is 10.1. The number of hydrogen-bond acceptors (Lipinski definition) is 7. The topological polar surface area (TPSA) is 91.2 Å². The molecule has 3 aromatic carbocycles. The van der Waals surface area contributed by atoms with Gasteiger partial charge in [-0.15, -0.1) is 0 Å². The van der Waals surface area contributed by atoms with Crippen LogP contribution in [0.2, 0.25) is 5.02 Å². The molecule has 1 heterocycles. The van der Waals surface area contributed by atoms with Gasteiger partial charge in [0.25, 0.3) is 0 Å². The van der Waals surface area contributed by atoms with Gasteiger partial charge < -0.3 is 28.8 Å². The third-order valence-corrected chi connectivity index (χ3v) is 8.68. The molecule has 1 unspecified atom stereocenters. The molecule has 0 saturated carbocycles. The number of nitrogens with zero attached hydrogens (tertiary/aromatic N) is 1. The Bertz CT molecular complexity index is 1510. The molecule has 4 rings (SSSR count). The summed E-state index contributed by atoms with van der Waals surface area (Å²) in [5, 5.41) is 14.4. The smallest absolute Gasteiger partial charge is 0.306 e. The Labute approximate surface area is 241 Å². The van der Waals surface area contributed by atoms with Gasteiger partial charge in [0.05, 0.1) is 47.1 Å². The molecule has 8 nitrogen and oxygen atoms in total. The van der Waals surface area contributed by atoms with Crippen molar-refractivity contribution in [2.24, 2.45) is 0 Å². The molecular weight excluding hydrogens is 554 g/mol. The van der Waals surface area contributed by atoms with Crippen LogP contribution in [0.5, 0.6) is 34.5 Å². The summed E-state index contributed by atoms with van der Waals surface area (Å²) < 4.78 is 29.0. The maximum absolute atomic E-state index is 13.8. The van der Waals surface area contributed by atoms with E-state index in [2.05, 4.69) is 0 Å². The molecule has 0 aliphatic rings. The van der Waals surface area contributed by atoms with Crippen LogP contribution in [0, 0.1) is 0 Å². The monoisotopic (exact) mass is 585 g/mol. The molecule has 0 radical (unpaired) electrons. The van der Waals surface area contributed by atoms with E-state index in [-0.39, 0.29) is 16.2 Å². The molecule has 0 aliphatic carbocycles. The molecule has 4 aromatic rings. The first-order valence-electron chi connectivity index (χ1n) is 12.5. The van der Waals surface area contributed by atoms with Crippen molar-refractivity contribution in [2.75, 3.05) is 47.1 Å². The summed E-state index contributed by atoms with van der Waals surface area (Å²) in [5.74, 6) is 3.13. The lowest BCUT2D eigenvalue weighted by Gasteiger charge is -2.20. The normalized spacial score (nSPS) is 11.8. The summed E-state index contributed by atoms with van der Waals surface area (Å²) in [6.45, 7) is 0.682. The summed E-state index contributed by atoms with van der Waals surface area (Å²) in [7, 11) is 5.62. The van der Waals surface area contributed by atoms with Gasteiger partial charge >= 0.3 is 5.56 Å². The van der Waals surface area contributed by atoms with E-state index in [1.165, 1.54) is 0 Å². The lowest BCUT2D eigenvalue weighted by molar-refractivity contribution is -0.270. The Morgan fingerprint density at radius 3 is 2.15 bits per heavy atom. The number of aromatic nitrogens is 1. The van der Waals surface area contributed by atoms with E-state index in [1.807, 2.05) is 30.5 Å². The maximum Gasteiger partial charge on any atom is 0.306 e. The first-order chi connectivity index (χ1) is 19.3. The third-order valence-electron chi connectivity index (χ3n) is 6.49. The molecule has 0 aliphatic heterocycles. The predicted molar refractivity (Wildman–Crippen MR) is 157 cm³/mol. The number of methoxy groups -OCH3 is 4. The van der Waals surface area contributed by atoms with Crippen LogP contribution in [-0.4, -0.2) is 51.6 Å². The van der Waals surface area contributed by atoms with E-state index < -0.39 is 10.9 Å². The van der Waals surface area contributed by atoms with Crippen molar-refractivity contribution in [3.05, 3.63) is 75.5 Å². The molecule has 0 saturated heterocycles. The van der Waals surface area contributed by atoms with Gasteiger partial charge in [-0.05, 0) is 41.0 Å². The van der Waals surface area contributed by atoms with Crippen molar-refractivity contribution in [2.45, 2.75) is 17.9 Å². The molecule has 0 fully saturated rings. The first kappa shape index (κ1) is 29.3. The highest BCUT2D eigenvalue weighted by Crippen LogP contribution is 2.40. The SMILES string of the molecule is COc1ccc(Cn2c(=O)c([S+](C)CCCOc3cc(OC)c(OC)c(OC)c3)c([O-])c3ccc(Cl)cc32)cc1. The van der Waals surface area contributed by atoms with E-state index >= 15 is 0 Å². The zero-order valence-corrected chi connectivity index (χ0v) is 24.7. The molecule has 0 N–H and O–H groups in total. The second-order valence-electron chi connectivity index (χ2n) is 8.96. The number of pyridine rings is 1. The Balaban J connectivity index is 1.56. The van der Waals surface area contributed by atoms with E-state index in [1.54, 1.807) is 63.3 Å².